The van der Waals surface area contributed by atoms with Gasteiger partial charge in [-0.05, 0) is 0 Å². The molecule has 1 heterocycles. The predicted octanol–water partition coefficient (Wildman–Crippen LogP) is 0.256. The molecule has 1 rings (SSSR count). The fourth-order valence-corrected chi connectivity index (χ4v) is 1.01. The van der Waals surface area contributed by atoms with Crippen LogP contribution in [0.3, 0.4) is 0 Å². The summed E-state index contributed by atoms with van der Waals surface area (Å²) in [5.41, 5.74) is 0. The molecule has 0 aromatic rings. The number of alkyl halides is 2. The fraction of sp³-hybridized carbons (Fsp3) is 1.00. The van der Waals surface area contributed by atoms with E-state index in [4.69, 9.17) is 9.47 Å². The van der Waals surface area contributed by atoms with Gasteiger partial charge >= 0.3 is 0 Å². The Morgan fingerprint density at radius 3 is 2.83 bits per heavy atom. The maximum Gasteiger partial charge on any atom is 0.250 e. The van der Waals surface area contributed by atoms with Crippen molar-refractivity contribution in [1.82, 2.24) is 5.32 Å². The van der Waals surface area contributed by atoms with Gasteiger partial charge in [-0.15, -0.1) is 0 Å². The molecular weight excluding hydrogens is 168 g/mol. The molecule has 0 amide bonds. The van der Waals surface area contributed by atoms with E-state index in [1.807, 2.05) is 0 Å². The predicted molar refractivity (Wildman–Crippen MR) is 39.4 cm³/mol. The minimum Gasteiger partial charge on any atom is -0.376 e. The molecule has 0 aromatic heterocycles. The first-order valence-electron chi connectivity index (χ1n) is 3.97. The van der Waals surface area contributed by atoms with Crippen LogP contribution in [0, 0.1) is 0 Å². The lowest BCUT2D eigenvalue weighted by atomic mass is 10.3. The Labute approximate surface area is 70.0 Å². The average molecular weight is 181 g/mol. The zero-order valence-electron chi connectivity index (χ0n) is 6.76. The molecule has 0 aliphatic carbocycles. The maximum atomic E-state index is 11.7. The average Bonchev–Trinajstić information content (AvgIpc) is 2.05. The maximum absolute atomic E-state index is 11.7. The van der Waals surface area contributed by atoms with E-state index in [1.165, 1.54) is 0 Å². The smallest absolute Gasteiger partial charge is 0.250 e. The molecule has 1 atom stereocenters. The third kappa shape index (κ3) is 3.94. The number of ether oxygens (including phenoxy) is 2. The Morgan fingerprint density at radius 1 is 1.42 bits per heavy atom. The van der Waals surface area contributed by atoms with Crippen LogP contribution >= 0.6 is 0 Å². The van der Waals surface area contributed by atoms with Gasteiger partial charge in [0.25, 0.3) is 6.43 Å². The first-order chi connectivity index (χ1) is 5.79. The van der Waals surface area contributed by atoms with E-state index in [2.05, 4.69) is 5.32 Å². The van der Waals surface area contributed by atoms with Gasteiger partial charge in [0.15, 0.2) is 0 Å². The summed E-state index contributed by atoms with van der Waals surface area (Å²) in [6.45, 7) is 1.81. The molecular formula is C7H13F2NO2. The monoisotopic (exact) mass is 181 g/mol. The highest BCUT2D eigenvalue weighted by atomic mass is 19.3. The van der Waals surface area contributed by atoms with Crippen molar-refractivity contribution in [3.63, 3.8) is 0 Å². The lowest BCUT2D eigenvalue weighted by Gasteiger charge is -2.22. The lowest BCUT2D eigenvalue weighted by molar-refractivity contribution is -0.0869. The Hall–Kier alpha value is -0.260. The quantitative estimate of drug-likeness (QED) is 0.674. The van der Waals surface area contributed by atoms with Crippen molar-refractivity contribution in [3.05, 3.63) is 0 Å². The van der Waals surface area contributed by atoms with E-state index in [1.54, 1.807) is 0 Å². The second-order valence-electron chi connectivity index (χ2n) is 2.62. The van der Waals surface area contributed by atoms with E-state index in [0.717, 1.165) is 0 Å². The first kappa shape index (κ1) is 9.83. The molecule has 0 radical (unpaired) electrons. The molecule has 0 spiro atoms. The Morgan fingerprint density at radius 2 is 2.25 bits per heavy atom. The Bertz CT molecular complexity index is 118. The highest BCUT2D eigenvalue weighted by molar-refractivity contribution is 4.64. The van der Waals surface area contributed by atoms with Gasteiger partial charge in [0.1, 0.15) is 0 Å². The fourth-order valence-electron chi connectivity index (χ4n) is 1.01. The van der Waals surface area contributed by atoms with Crippen LogP contribution in [0.15, 0.2) is 0 Å². The molecule has 5 heteroatoms. The third-order valence-electron chi connectivity index (χ3n) is 1.56. The SMILES string of the molecule is FC(F)CNCC1COCCO1. The molecule has 72 valence electrons. The third-order valence-corrected chi connectivity index (χ3v) is 1.56. The van der Waals surface area contributed by atoms with E-state index >= 15 is 0 Å². The molecule has 1 saturated heterocycles. The number of hydrogen-bond donors (Lipinski definition) is 1. The van der Waals surface area contributed by atoms with Crippen molar-refractivity contribution < 1.29 is 18.3 Å². The van der Waals surface area contributed by atoms with Crippen LogP contribution in [0.4, 0.5) is 8.78 Å². The van der Waals surface area contributed by atoms with Crippen molar-refractivity contribution >= 4 is 0 Å². The molecule has 0 aromatic carbocycles. The first-order valence-corrected chi connectivity index (χ1v) is 3.97. The van der Waals surface area contributed by atoms with Crippen molar-refractivity contribution in [2.24, 2.45) is 0 Å². The molecule has 1 unspecified atom stereocenters. The van der Waals surface area contributed by atoms with E-state index in [-0.39, 0.29) is 12.6 Å². The Kier molecular flexibility index (Phi) is 4.42. The molecule has 0 saturated carbocycles. The van der Waals surface area contributed by atoms with E-state index < -0.39 is 6.43 Å². The Balaban J connectivity index is 1.98. The highest BCUT2D eigenvalue weighted by Gasteiger charge is 2.14. The molecule has 1 N–H and O–H groups in total. The van der Waals surface area contributed by atoms with Gasteiger partial charge in [-0.1, -0.05) is 0 Å². The summed E-state index contributed by atoms with van der Waals surface area (Å²) in [7, 11) is 0. The zero-order chi connectivity index (χ0) is 8.81. The molecule has 3 nitrogen and oxygen atoms in total. The summed E-state index contributed by atoms with van der Waals surface area (Å²) in [6.07, 6.45) is -2.37. The number of hydrogen-bond acceptors (Lipinski definition) is 3. The summed E-state index contributed by atoms with van der Waals surface area (Å²) in [6, 6.07) is 0. The van der Waals surface area contributed by atoms with Gasteiger partial charge in [-0.25, -0.2) is 8.78 Å². The number of rotatable bonds is 4. The van der Waals surface area contributed by atoms with Crippen molar-refractivity contribution in [3.8, 4) is 0 Å². The molecule has 1 aliphatic rings. The topological polar surface area (TPSA) is 30.5 Å². The van der Waals surface area contributed by atoms with Crippen LogP contribution in [-0.4, -0.2) is 45.4 Å². The molecule has 1 fully saturated rings. The van der Waals surface area contributed by atoms with Crippen molar-refractivity contribution in [2.45, 2.75) is 12.5 Å². The van der Waals surface area contributed by atoms with E-state index in [9.17, 15) is 8.78 Å². The second kappa shape index (κ2) is 5.40. The number of nitrogens with one attached hydrogen (secondary N) is 1. The zero-order valence-corrected chi connectivity index (χ0v) is 6.76. The van der Waals surface area contributed by atoms with Gasteiger partial charge in [-0.2, -0.15) is 0 Å². The summed E-state index contributed by atoms with van der Waals surface area (Å²) in [4.78, 5) is 0. The van der Waals surface area contributed by atoms with Gasteiger partial charge in [-0.3, -0.25) is 0 Å². The summed E-state index contributed by atoms with van der Waals surface area (Å²) in [5.74, 6) is 0. The summed E-state index contributed by atoms with van der Waals surface area (Å²) < 4.78 is 33.6. The van der Waals surface area contributed by atoms with Gasteiger partial charge < -0.3 is 14.8 Å². The second-order valence-corrected chi connectivity index (χ2v) is 2.62. The van der Waals surface area contributed by atoms with Crippen LogP contribution in [0.1, 0.15) is 0 Å². The van der Waals surface area contributed by atoms with Gasteiger partial charge in [0.2, 0.25) is 0 Å². The van der Waals surface area contributed by atoms with Crippen LogP contribution in [0.25, 0.3) is 0 Å². The van der Waals surface area contributed by atoms with Gasteiger partial charge in [0, 0.05) is 6.54 Å². The standard InChI is InChI=1S/C7H13F2NO2/c8-7(9)4-10-3-6-5-11-1-2-12-6/h6-7,10H,1-5H2. The molecule has 1 aliphatic heterocycles. The molecule has 0 bridgehead atoms. The number of halogens is 2. The van der Waals surface area contributed by atoms with Crippen molar-refractivity contribution in [1.29, 1.82) is 0 Å². The minimum absolute atomic E-state index is 0.0718. The van der Waals surface area contributed by atoms with Crippen molar-refractivity contribution in [2.75, 3.05) is 32.9 Å². The summed E-state index contributed by atoms with van der Waals surface area (Å²) >= 11 is 0. The summed E-state index contributed by atoms with van der Waals surface area (Å²) in [5, 5.41) is 2.60. The van der Waals surface area contributed by atoms with Crippen LogP contribution < -0.4 is 5.32 Å². The molecule has 12 heavy (non-hydrogen) atoms. The lowest BCUT2D eigenvalue weighted by Crippen LogP contribution is -2.38. The largest absolute Gasteiger partial charge is 0.376 e. The van der Waals surface area contributed by atoms with Crippen LogP contribution in [0.5, 0.6) is 0 Å². The van der Waals surface area contributed by atoms with E-state index in [0.29, 0.717) is 26.4 Å². The highest BCUT2D eigenvalue weighted by Crippen LogP contribution is 1.99. The van der Waals surface area contributed by atoms with Crippen LogP contribution in [0.2, 0.25) is 0 Å². The van der Waals surface area contributed by atoms with Crippen LogP contribution in [-0.2, 0) is 9.47 Å². The van der Waals surface area contributed by atoms with Gasteiger partial charge in [0.05, 0.1) is 32.5 Å². The minimum atomic E-state index is -2.30. The normalized spacial score (nSPS) is 24.8.